The van der Waals surface area contributed by atoms with Crippen LogP contribution >= 0.6 is 0 Å². The smallest absolute Gasteiger partial charge is 0.237 e. The number of nitrogens with one attached hydrogen (secondary N) is 1. The van der Waals surface area contributed by atoms with Crippen LogP contribution in [0.15, 0.2) is 35.3 Å². The summed E-state index contributed by atoms with van der Waals surface area (Å²) in [7, 11) is 0. The third kappa shape index (κ3) is 3.21. The van der Waals surface area contributed by atoms with Crippen molar-refractivity contribution in [1.82, 2.24) is 9.97 Å². The van der Waals surface area contributed by atoms with E-state index in [1.54, 1.807) is 12.4 Å². The Morgan fingerprint density at radius 3 is 3.06 bits per heavy atom. The van der Waals surface area contributed by atoms with Gasteiger partial charge in [-0.05, 0) is 26.0 Å². The van der Waals surface area contributed by atoms with E-state index in [4.69, 9.17) is 9.15 Å². The lowest BCUT2D eigenvalue weighted by atomic mass is 10.3. The van der Waals surface area contributed by atoms with Gasteiger partial charge in [-0.3, -0.25) is 0 Å². The fourth-order valence-electron chi connectivity index (χ4n) is 1.35. The van der Waals surface area contributed by atoms with Gasteiger partial charge < -0.3 is 14.5 Å². The summed E-state index contributed by atoms with van der Waals surface area (Å²) in [6, 6.07) is 3.77. The van der Waals surface area contributed by atoms with Crippen molar-refractivity contribution in [1.29, 1.82) is 0 Å². The van der Waals surface area contributed by atoms with E-state index in [1.807, 2.05) is 26.0 Å². The standard InChI is InChI=1S/C12H15N3O2/c1-9(2)17-12-11(4-3-5-14-12)15-7-10-6-13-8-16-10/h3-6,8-9,15H,7H2,1-2H3. The Morgan fingerprint density at radius 2 is 2.35 bits per heavy atom. The zero-order chi connectivity index (χ0) is 12.1. The molecule has 0 fully saturated rings. The van der Waals surface area contributed by atoms with Gasteiger partial charge in [0.05, 0.1) is 24.5 Å². The second-order valence-corrected chi connectivity index (χ2v) is 3.84. The Balaban J connectivity index is 2.04. The SMILES string of the molecule is CC(C)Oc1ncccc1NCc1cnco1. The van der Waals surface area contributed by atoms with E-state index in [1.165, 1.54) is 6.39 Å². The van der Waals surface area contributed by atoms with Crippen molar-refractivity contribution in [3.63, 3.8) is 0 Å². The molecule has 0 atom stereocenters. The number of nitrogens with zero attached hydrogens (tertiary/aromatic N) is 2. The van der Waals surface area contributed by atoms with Crippen LogP contribution in [0.3, 0.4) is 0 Å². The molecule has 0 saturated carbocycles. The molecule has 17 heavy (non-hydrogen) atoms. The number of oxazole rings is 1. The summed E-state index contributed by atoms with van der Waals surface area (Å²) >= 11 is 0. The molecule has 5 heteroatoms. The summed E-state index contributed by atoms with van der Waals surface area (Å²) in [4.78, 5) is 8.04. The molecule has 0 aromatic carbocycles. The summed E-state index contributed by atoms with van der Waals surface area (Å²) in [5, 5.41) is 3.20. The molecule has 2 aromatic rings. The zero-order valence-corrected chi connectivity index (χ0v) is 9.88. The second-order valence-electron chi connectivity index (χ2n) is 3.84. The lowest BCUT2D eigenvalue weighted by molar-refractivity contribution is 0.234. The van der Waals surface area contributed by atoms with E-state index in [0.29, 0.717) is 12.4 Å². The number of rotatable bonds is 5. The summed E-state index contributed by atoms with van der Waals surface area (Å²) < 4.78 is 10.7. The van der Waals surface area contributed by atoms with Crippen LogP contribution in [-0.4, -0.2) is 16.1 Å². The van der Waals surface area contributed by atoms with Gasteiger partial charge in [0.25, 0.3) is 0 Å². The van der Waals surface area contributed by atoms with E-state index >= 15 is 0 Å². The summed E-state index contributed by atoms with van der Waals surface area (Å²) in [6.45, 7) is 4.49. The number of hydrogen-bond donors (Lipinski definition) is 1. The maximum atomic E-state index is 5.60. The zero-order valence-electron chi connectivity index (χ0n) is 9.88. The Morgan fingerprint density at radius 1 is 1.47 bits per heavy atom. The molecule has 0 spiro atoms. The summed E-state index contributed by atoms with van der Waals surface area (Å²) in [5.74, 6) is 1.37. The summed E-state index contributed by atoms with van der Waals surface area (Å²) in [6.07, 6.45) is 4.88. The Hall–Kier alpha value is -2.04. The minimum absolute atomic E-state index is 0.0933. The van der Waals surface area contributed by atoms with Gasteiger partial charge in [-0.25, -0.2) is 9.97 Å². The topological polar surface area (TPSA) is 60.2 Å². The van der Waals surface area contributed by atoms with Crippen LogP contribution in [0.4, 0.5) is 5.69 Å². The van der Waals surface area contributed by atoms with Crippen LogP contribution in [0.25, 0.3) is 0 Å². The third-order valence-electron chi connectivity index (χ3n) is 2.06. The fourth-order valence-corrected chi connectivity index (χ4v) is 1.35. The minimum atomic E-state index is 0.0933. The average molecular weight is 233 g/mol. The van der Waals surface area contributed by atoms with Gasteiger partial charge in [0, 0.05) is 6.20 Å². The predicted octanol–water partition coefficient (Wildman–Crippen LogP) is 2.47. The van der Waals surface area contributed by atoms with Crippen molar-refractivity contribution in [2.45, 2.75) is 26.5 Å². The fraction of sp³-hybridized carbons (Fsp3) is 0.333. The molecule has 0 saturated heterocycles. The first-order chi connectivity index (χ1) is 8.25. The van der Waals surface area contributed by atoms with Crippen LogP contribution in [0.2, 0.25) is 0 Å². The molecule has 0 bridgehead atoms. The number of ether oxygens (including phenoxy) is 1. The lowest BCUT2D eigenvalue weighted by Gasteiger charge is -2.13. The number of aromatic nitrogens is 2. The van der Waals surface area contributed by atoms with Crippen molar-refractivity contribution < 1.29 is 9.15 Å². The summed E-state index contributed by atoms with van der Waals surface area (Å²) in [5.41, 5.74) is 0.845. The second kappa shape index (κ2) is 5.34. The normalized spacial score (nSPS) is 10.5. The molecule has 1 N–H and O–H groups in total. The van der Waals surface area contributed by atoms with E-state index in [9.17, 15) is 0 Å². The molecule has 5 nitrogen and oxygen atoms in total. The highest BCUT2D eigenvalue weighted by Crippen LogP contribution is 2.22. The lowest BCUT2D eigenvalue weighted by Crippen LogP contribution is -2.09. The van der Waals surface area contributed by atoms with E-state index in [-0.39, 0.29) is 6.10 Å². The van der Waals surface area contributed by atoms with Crippen LogP contribution in [0.1, 0.15) is 19.6 Å². The molecule has 0 aliphatic heterocycles. The largest absolute Gasteiger partial charge is 0.473 e. The molecule has 2 heterocycles. The average Bonchev–Trinajstić information content (AvgIpc) is 2.80. The number of pyridine rings is 1. The van der Waals surface area contributed by atoms with Crippen molar-refractivity contribution in [2.24, 2.45) is 0 Å². The maximum absolute atomic E-state index is 5.60. The highest BCUT2D eigenvalue weighted by molar-refractivity contribution is 5.52. The molecule has 0 unspecified atom stereocenters. The van der Waals surface area contributed by atoms with Gasteiger partial charge in [-0.1, -0.05) is 0 Å². The molecular weight excluding hydrogens is 218 g/mol. The molecule has 90 valence electrons. The van der Waals surface area contributed by atoms with Crippen molar-refractivity contribution in [2.75, 3.05) is 5.32 Å². The molecular formula is C12H15N3O2. The van der Waals surface area contributed by atoms with Crippen LogP contribution < -0.4 is 10.1 Å². The first kappa shape index (κ1) is 11.4. The Kier molecular flexibility index (Phi) is 3.59. The number of anilines is 1. The van der Waals surface area contributed by atoms with Gasteiger partial charge in [0.1, 0.15) is 5.76 Å². The van der Waals surface area contributed by atoms with Gasteiger partial charge in [0.2, 0.25) is 5.88 Å². The van der Waals surface area contributed by atoms with Crippen LogP contribution in [0.5, 0.6) is 5.88 Å². The first-order valence-electron chi connectivity index (χ1n) is 5.48. The molecule has 0 amide bonds. The predicted molar refractivity (Wildman–Crippen MR) is 63.8 cm³/mol. The minimum Gasteiger partial charge on any atom is -0.473 e. The van der Waals surface area contributed by atoms with Crippen LogP contribution in [0, 0.1) is 0 Å². The van der Waals surface area contributed by atoms with Crippen molar-refractivity contribution >= 4 is 5.69 Å². The molecule has 0 aliphatic carbocycles. The van der Waals surface area contributed by atoms with Gasteiger partial charge in [-0.2, -0.15) is 0 Å². The van der Waals surface area contributed by atoms with Gasteiger partial charge in [0.15, 0.2) is 6.39 Å². The molecule has 0 radical (unpaired) electrons. The van der Waals surface area contributed by atoms with Crippen molar-refractivity contribution in [3.8, 4) is 5.88 Å². The quantitative estimate of drug-likeness (QED) is 0.859. The molecule has 2 rings (SSSR count). The van der Waals surface area contributed by atoms with Crippen molar-refractivity contribution in [3.05, 3.63) is 36.7 Å². The number of hydrogen-bond acceptors (Lipinski definition) is 5. The van der Waals surface area contributed by atoms with Gasteiger partial charge >= 0.3 is 0 Å². The first-order valence-corrected chi connectivity index (χ1v) is 5.48. The van der Waals surface area contributed by atoms with E-state index in [0.717, 1.165) is 11.4 Å². The highest BCUT2D eigenvalue weighted by Gasteiger charge is 2.06. The van der Waals surface area contributed by atoms with Crippen LogP contribution in [-0.2, 0) is 6.54 Å². The third-order valence-corrected chi connectivity index (χ3v) is 2.06. The molecule has 2 aromatic heterocycles. The van der Waals surface area contributed by atoms with Gasteiger partial charge in [-0.15, -0.1) is 0 Å². The van der Waals surface area contributed by atoms with E-state index < -0.39 is 0 Å². The Bertz CT molecular complexity index is 455. The van der Waals surface area contributed by atoms with E-state index in [2.05, 4.69) is 15.3 Å². The highest BCUT2D eigenvalue weighted by atomic mass is 16.5. The maximum Gasteiger partial charge on any atom is 0.237 e. The Labute approximate surface area is 99.8 Å². The monoisotopic (exact) mass is 233 g/mol. The molecule has 0 aliphatic rings.